The Kier molecular flexibility index (Phi) is 2.92. The van der Waals surface area contributed by atoms with Crippen LogP contribution in [-0.2, 0) is 4.79 Å². The number of benzene rings is 1. The molecule has 74 valence electrons. The van der Waals surface area contributed by atoms with Crippen LogP contribution in [0.2, 0.25) is 0 Å². The maximum Gasteiger partial charge on any atom is 0.253 e. The molecule has 3 heteroatoms. The van der Waals surface area contributed by atoms with Gasteiger partial charge in [-0.1, -0.05) is 24.8 Å². The average molecular weight is 191 g/mol. The predicted octanol–water partition coefficient (Wildman–Crippen LogP) is 1.49. The van der Waals surface area contributed by atoms with Crippen LogP contribution in [-0.4, -0.2) is 30.0 Å². The largest absolute Gasteiger partial charge is 0.507 e. The van der Waals surface area contributed by atoms with Crippen molar-refractivity contribution in [2.75, 3.05) is 14.1 Å². The third-order valence-corrected chi connectivity index (χ3v) is 1.89. The average Bonchev–Trinajstić information content (AvgIpc) is 2.16. The van der Waals surface area contributed by atoms with E-state index in [9.17, 15) is 9.90 Å². The normalized spacial score (nSPS) is 9.57. The van der Waals surface area contributed by atoms with E-state index in [-0.39, 0.29) is 11.7 Å². The Morgan fingerprint density at radius 2 is 1.93 bits per heavy atom. The van der Waals surface area contributed by atoms with E-state index in [0.29, 0.717) is 11.1 Å². The second kappa shape index (κ2) is 3.96. The van der Waals surface area contributed by atoms with Crippen LogP contribution >= 0.6 is 0 Å². The first-order valence-corrected chi connectivity index (χ1v) is 4.23. The third kappa shape index (κ3) is 1.93. The van der Waals surface area contributed by atoms with Crippen molar-refractivity contribution in [3.05, 3.63) is 36.4 Å². The Bertz CT molecular complexity index is 369. The van der Waals surface area contributed by atoms with E-state index < -0.39 is 0 Å². The van der Waals surface area contributed by atoms with Gasteiger partial charge in [-0.3, -0.25) is 4.79 Å². The molecule has 0 spiro atoms. The van der Waals surface area contributed by atoms with Gasteiger partial charge in [0, 0.05) is 25.2 Å². The number of aromatic hydroxyl groups is 1. The van der Waals surface area contributed by atoms with Crippen molar-refractivity contribution in [3.8, 4) is 5.75 Å². The highest BCUT2D eigenvalue weighted by Crippen LogP contribution is 2.23. The van der Waals surface area contributed by atoms with Gasteiger partial charge in [0.15, 0.2) is 0 Å². The molecule has 0 aliphatic carbocycles. The Hall–Kier alpha value is -1.77. The van der Waals surface area contributed by atoms with E-state index >= 15 is 0 Å². The maximum atomic E-state index is 11.5. The molecule has 0 fully saturated rings. The molecule has 1 aromatic carbocycles. The number of carbonyl (C=O) groups excluding carboxylic acids is 1. The Morgan fingerprint density at radius 3 is 2.43 bits per heavy atom. The van der Waals surface area contributed by atoms with Crippen LogP contribution in [0.25, 0.3) is 5.57 Å². The van der Waals surface area contributed by atoms with Gasteiger partial charge in [-0.05, 0) is 6.07 Å². The zero-order chi connectivity index (χ0) is 10.7. The summed E-state index contributed by atoms with van der Waals surface area (Å²) in [4.78, 5) is 12.9. The minimum atomic E-state index is -0.202. The number of phenols is 1. The van der Waals surface area contributed by atoms with E-state index in [2.05, 4.69) is 6.58 Å². The fraction of sp³-hybridized carbons (Fsp3) is 0.182. The number of nitrogens with zero attached hydrogens (tertiary/aromatic N) is 1. The number of hydrogen-bond donors (Lipinski definition) is 1. The highest BCUT2D eigenvalue weighted by atomic mass is 16.3. The van der Waals surface area contributed by atoms with Crippen LogP contribution in [0.1, 0.15) is 5.56 Å². The minimum Gasteiger partial charge on any atom is -0.507 e. The van der Waals surface area contributed by atoms with Gasteiger partial charge in [0.1, 0.15) is 5.75 Å². The van der Waals surface area contributed by atoms with Crippen LogP contribution in [0.3, 0.4) is 0 Å². The zero-order valence-corrected chi connectivity index (χ0v) is 8.32. The summed E-state index contributed by atoms with van der Waals surface area (Å²) in [7, 11) is 3.29. The zero-order valence-electron chi connectivity index (χ0n) is 8.32. The molecule has 0 radical (unpaired) electrons. The molecule has 1 rings (SSSR count). The van der Waals surface area contributed by atoms with Crippen molar-refractivity contribution in [2.24, 2.45) is 0 Å². The molecule has 1 amide bonds. The van der Waals surface area contributed by atoms with Crippen molar-refractivity contribution in [1.29, 1.82) is 0 Å². The molecule has 0 unspecified atom stereocenters. The standard InChI is InChI=1S/C11H13NO2/c1-8(11(14)12(2)3)9-6-4-5-7-10(9)13/h4-7,13H,1H2,2-3H3. The molecular weight excluding hydrogens is 178 g/mol. The molecule has 0 atom stereocenters. The number of rotatable bonds is 2. The second-order valence-corrected chi connectivity index (χ2v) is 3.20. The number of hydrogen-bond acceptors (Lipinski definition) is 2. The molecule has 3 nitrogen and oxygen atoms in total. The van der Waals surface area contributed by atoms with Gasteiger partial charge < -0.3 is 10.0 Å². The van der Waals surface area contributed by atoms with Crippen molar-refractivity contribution in [2.45, 2.75) is 0 Å². The first-order chi connectivity index (χ1) is 6.54. The number of likely N-dealkylation sites (N-methyl/N-ethyl adjacent to an activating group) is 1. The van der Waals surface area contributed by atoms with Crippen LogP contribution in [0.4, 0.5) is 0 Å². The van der Waals surface area contributed by atoms with Crippen LogP contribution in [0.15, 0.2) is 30.8 Å². The lowest BCUT2D eigenvalue weighted by Gasteiger charge is -2.13. The molecule has 0 aromatic heterocycles. The SMILES string of the molecule is C=C(C(=O)N(C)C)c1ccccc1O. The van der Waals surface area contributed by atoms with E-state index in [1.165, 1.54) is 11.0 Å². The molecule has 0 bridgehead atoms. The topological polar surface area (TPSA) is 40.5 Å². The predicted molar refractivity (Wildman–Crippen MR) is 55.8 cm³/mol. The Labute approximate surface area is 83.3 Å². The molecule has 0 saturated carbocycles. The first-order valence-electron chi connectivity index (χ1n) is 4.23. The lowest BCUT2D eigenvalue weighted by Crippen LogP contribution is -2.22. The Morgan fingerprint density at radius 1 is 1.36 bits per heavy atom. The highest BCUT2D eigenvalue weighted by Gasteiger charge is 2.13. The molecular formula is C11H13NO2. The summed E-state index contributed by atoms with van der Waals surface area (Å²) in [5.74, 6) is -0.126. The second-order valence-electron chi connectivity index (χ2n) is 3.20. The molecule has 0 saturated heterocycles. The van der Waals surface area contributed by atoms with Crippen molar-refractivity contribution in [3.63, 3.8) is 0 Å². The first kappa shape index (κ1) is 10.3. The van der Waals surface area contributed by atoms with Gasteiger partial charge in [-0.25, -0.2) is 0 Å². The van der Waals surface area contributed by atoms with Gasteiger partial charge in [-0.15, -0.1) is 0 Å². The van der Waals surface area contributed by atoms with Crippen LogP contribution in [0.5, 0.6) is 5.75 Å². The number of phenolic OH excluding ortho intramolecular Hbond substituents is 1. The summed E-state index contributed by atoms with van der Waals surface area (Å²) in [5.41, 5.74) is 0.777. The van der Waals surface area contributed by atoms with Crippen molar-refractivity contribution in [1.82, 2.24) is 4.90 Å². The molecule has 0 heterocycles. The molecule has 0 aliphatic rings. The van der Waals surface area contributed by atoms with Gasteiger partial charge >= 0.3 is 0 Å². The quantitative estimate of drug-likeness (QED) is 0.719. The molecule has 0 aliphatic heterocycles. The summed E-state index contributed by atoms with van der Waals surface area (Å²) >= 11 is 0. The summed E-state index contributed by atoms with van der Waals surface area (Å²) in [5, 5.41) is 9.48. The fourth-order valence-electron chi connectivity index (χ4n) is 1.11. The number of para-hydroxylation sites is 1. The summed E-state index contributed by atoms with van der Waals surface area (Å²) in [6.07, 6.45) is 0. The van der Waals surface area contributed by atoms with E-state index in [0.717, 1.165) is 0 Å². The van der Waals surface area contributed by atoms with E-state index in [4.69, 9.17) is 0 Å². The van der Waals surface area contributed by atoms with Gasteiger partial charge in [-0.2, -0.15) is 0 Å². The highest BCUT2D eigenvalue weighted by molar-refractivity contribution is 6.19. The number of amides is 1. The monoisotopic (exact) mass is 191 g/mol. The van der Waals surface area contributed by atoms with Gasteiger partial charge in [0.2, 0.25) is 0 Å². The van der Waals surface area contributed by atoms with Crippen molar-refractivity contribution >= 4 is 11.5 Å². The Balaban J connectivity index is 3.02. The van der Waals surface area contributed by atoms with E-state index in [1.54, 1.807) is 32.3 Å². The molecule has 1 aromatic rings. The fourth-order valence-corrected chi connectivity index (χ4v) is 1.11. The van der Waals surface area contributed by atoms with E-state index in [1.807, 2.05) is 0 Å². The number of carbonyl (C=O) groups is 1. The molecule has 1 N–H and O–H groups in total. The van der Waals surface area contributed by atoms with Crippen LogP contribution in [0, 0.1) is 0 Å². The third-order valence-electron chi connectivity index (χ3n) is 1.89. The van der Waals surface area contributed by atoms with Gasteiger partial charge in [0.25, 0.3) is 5.91 Å². The summed E-state index contributed by atoms with van der Waals surface area (Å²) < 4.78 is 0. The molecule has 14 heavy (non-hydrogen) atoms. The minimum absolute atomic E-state index is 0.0766. The smallest absolute Gasteiger partial charge is 0.253 e. The maximum absolute atomic E-state index is 11.5. The lowest BCUT2D eigenvalue weighted by molar-refractivity contribution is -0.122. The lowest BCUT2D eigenvalue weighted by atomic mass is 10.1. The summed E-state index contributed by atoms with van der Waals surface area (Å²) in [6.45, 7) is 3.66. The summed E-state index contributed by atoms with van der Waals surface area (Å²) in [6, 6.07) is 6.65. The van der Waals surface area contributed by atoms with Crippen molar-refractivity contribution < 1.29 is 9.90 Å². The van der Waals surface area contributed by atoms with Crippen LogP contribution < -0.4 is 0 Å². The van der Waals surface area contributed by atoms with Gasteiger partial charge in [0.05, 0.1) is 0 Å².